The molecule has 0 saturated heterocycles. The van der Waals surface area contributed by atoms with Gasteiger partial charge in [-0.05, 0) is 37.6 Å². The van der Waals surface area contributed by atoms with Gasteiger partial charge in [-0.2, -0.15) is 0 Å². The third-order valence-corrected chi connectivity index (χ3v) is 4.03. The van der Waals surface area contributed by atoms with E-state index in [2.05, 4.69) is 5.32 Å². The Bertz CT molecular complexity index is 600. The topological polar surface area (TPSA) is 64.3 Å². The molecule has 5 heteroatoms. The van der Waals surface area contributed by atoms with Crippen LogP contribution >= 0.6 is 11.3 Å². The van der Waals surface area contributed by atoms with Crippen molar-refractivity contribution in [3.8, 4) is 5.75 Å². The summed E-state index contributed by atoms with van der Waals surface area (Å²) in [6.07, 6.45) is 0. The summed E-state index contributed by atoms with van der Waals surface area (Å²) in [5, 5.41) is 2.84. The number of nitrogen functional groups attached to an aromatic ring is 1. The van der Waals surface area contributed by atoms with E-state index in [0.717, 1.165) is 10.4 Å². The molecule has 0 fully saturated rings. The average Bonchev–Trinajstić information content (AvgIpc) is 2.72. The number of ether oxygens (including phenoxy) is 1. The first-order valence-corrected chi connectivity index (χ1v) is 6.65. The maximum Gasteiger partial charge on any atom is 0.265 e. The van der Waals surface area contributed by atoms with Gasteiger partial charge in [0, 0.05) is 16.6 Å². The molecule has 100 valence electrons. The van der Waals surface area contributed by atoms with Crippen molar-refractivity contribution >= 4 is 28.6 Å². The maximum atomic E-state index is 12.1. The smallest absolute Gasteiger partial charge is 0.265 e. The molecule has 4 nitrogen and oxygen atoms in total. The SMILES string of the molecule is COc1cc(NC(=O)c2cc(C)c(C)s2)ccc1N. The van der Waals surface area contributed by atoms with Gasteiger partial charge in [0.1, 0.15) is 5.75 Å². The van der Waals surface area contributed by atoms with Gasteiger partial charge in [-0.1, -0.05) is 0 Å². The quantitative estimate of drug-likeness (QED) is 0.846. The van der Waals surface area contributed by atoms with Gasteiger partial charge in [-0.15, -0.1) is 11.3 Å². The summed E-state index contributed by atoms with van der Waals surface area (Å²) in [6, 6.07) is 7.06. The van der Waals surface area contributed by atoms with Crippen LogP contribution in [-0.2, 0) is 0 Å². The molecular weight excluding hydrogens is 260 g/mol. The van der Waals surface area contributed by atoms with Crippen molar-refractivity contribution in [3.05, 3.63) is 39.6 Å². The highest BCUT2D eigenvalue weighted by molar-refractivity contribution is 7.14. The monoisotopic (exact) mass is 276 g/mol. The van der Waals surface area contributed by atoms with Crippen LogP contribution in [-0.4, -0.2) is 13.0 Å². The van der Waals surface area contributed by atoms with Crippen molar-refractivity contribution in [1.82, 2.24) is 0 Å². The fraction of sp³-hybridized carbons (Fsp3) is 0.214. The van der Waals surface area contributed by atoms with Crippen LogP contribution in [0, 0.1) is 13.8 Å². The summed E-state index contributed by atoms with van der Waals surface area (Å²) in [6.45, 7) is 4.00. The molecule has 0 spiro atoms. The largest absolute Gasteiger partial charge is 0.495 e. The van der Waals surface area contributed by atoms with Crippen LogP contribution in [0.15, 0.2) is 24.3 Å². The molecule has 0 saturated carbocycles. The van der Waals surface area contributed by atoms with Crippen LogP contribution in [0.25, 0.3) is 0 Å². The van der Waals surface area contributed by atoms with Crippen molar-refractivity contribution in [3.63, 3.8) is 0 Å². The highest BCUT2D eigenvalue weighted by Crippen LogP contribution is 2.26. The zero-order chi connectivity index (χ0) is 14.0. The number of anilines is 2. The number of hydrogen-bond acceptors (Lipinski definition) is 4. The number of nitrogens with one attached hydrogen (secondary N) is 1. The number of nitrogens with two attached hydrogens (primary N) is 1. The lowest BCUT2D eigenvalue weighted by Crippen LogP contribution is -2.10. The van der Waals surface area contributed by atoms with Crippen LogP contribution in [0.4, 0.5) is 11.4 Å². The second-order valence-corrected chi connectivity index (χ2v) is 5.52. The van der Waals surface area contributed by atoms with Crippen LogP contribution in [0.5, 0.6) is 5.75 Å². The minimum Gasteiger partial charge on any atom is -0.495 e. The van der Waals surface area contributed by atoms with Gasteiger partial charge < -0.3 is 15.8 Å². The molecule has 0 aliphatic rings. The van der Waals surface area contributed by atoms with E-state index in [-0.39, 0.29) is 5.91 Å². The number of rotatable bonds is 3. The van der Waals surface area contributed by atoms with Crippen molar-refractivity contribution < 1.29 is 9.53 Å². The van der Waals surface area contributed by atoms with Gasteiger partial charge in [0.25, 0.3) is 5.91 Å². The highest BCUT2D eigenvalue weighted by Gasteiger charge is 2.11. The molecule has 0 bridgehead atoms. The molecular formula is C14H16N2O2S. The zero-order valence-electron chi connectivity index (χ0n) is 11.1. The Morgan fingerprint density at radius 2 is 2.05 bits per heavy atom. The summed E-state index contributed by atoms with van der Waals surface area (Å²) in [7, 11) is 1.54. The minimum absolute atomic E-state index is 0.118. The van der Waals surface area contributed by atoms with Crippen molar-refractivity contribution in [2.75, 3.05) is 18.2 Å². The zero-order valence-corrected chi connectivity index (χ0v) is 11.9. The number of benzene rings is 1. The van der Waals surface area contributed by atoms with Crippen LogP contribution in [0.1, 0.15) is 20.1 Å². The Kier molecular flexibility index (Phi) is 3.76. The van der Waals surface area contributed by atoms with Crippen molar-refractivity contribution in [2.45, 2.75) is 13.8 Å². The Morgan fingerprint density at radius 1 is 1.32 bits per heavy atom. The van der Waals surface area contributed by atoms with E-state index in [1.807, 2.05) is 19.9 Å². The van der Waals surface area contributed by atoms with Gasteiger partial charge in [-0.3, -0.25) is 4.79 Å². The standard InChI is InChI=1S/C14H16N2O2S/c1-8-6-13(19-9(8)2)14(17)16-10-4-5-11(15)12(7-10)18-3/h4-7H,15H2,1-3H3,(H,16,17). The molecule has 1 amide bonds. The molecule has 0 aliphatic carbocycles. The minimum atomic E-state index is -0.118. The third-order valence-electron chi connectivity index (χ3n) is 2.88. The summed E-state index contributed by atoms with van der Waals surface area (Å²) >= 11 is 1.49. The van der Waals surface area contributed by atoms with Gasteiger partial charge in [0.15, 0.2) is 0 Å². The lowest BCUT2D eigenvalue weighted by atomic mass is 10.2. The maximum absolute atomic E-state index is 12.1. The summed E-state index contributed by atoms with van der Waals surface area (Å²) in [4.78, 5) is 13.9. The van der Waals surface area contributed by atoms with Gasteiger partial charge >= 0.3 is 0 Å². The highest BCUT2D eigenvalue weighted by atomic mass is 32.1. The number of amides is 1. The Hall–Kier alpha value is -2.01. The van der Waals surface area contributed by atoms with Crippen LogP contribution < -0.4 is 15.8 Å². The predicted octanol–water partition coefficient (Wildman–Crippen LogP) is 3.21. The second-order valence-electron chi connectivity index (χ2n) is 4.26. The molecule has 0 radical (unpaired) electrons. The lowest BCUT2D eigenvalue weighted by Gasteiger charge is -2.08. The Balaban J connectivity index is 2.19. The fourth-order valence-corrected chi connectivity index (χ4v) is 2.60. The van der Waals surface area contributed by atoms with E-state index in [9.17, 15) is 4.79 Å². The fourth-order valence-electron chi connectivity index (χ4n) is 1.67. The normalized spacial score (nSPS) is 10.3. The van der Waals surface area contributed by atoms with Gasteiger partial charge in [0.2, 0.25) is 0 Å². The van der Waals surface area contributed by atoms with E-state index in [0.29, 0.717) is 22.0 Å². The molecule has 1 aromatic carbocycles. The number of carbonyl (C=O) groups is 1. The Labute approximate surface area is 116 Å². The molecule has 1 heterocycles. The van der Waals surface area contributed by atoms with E-state index >= 15 is 0 Å². The Morgan fingerprint density at radius 3 is 2.63 bits per heavy atom. The van der Waals surface area contributed by atoms with E-state index in [4.69, 9.17) is 10.5 Å². The first-order valence-electron chi connectivity index (χ1n) is 5.83. The van der Waals surface area contributed by atoms with E-state index in [1.165, 1.54) is 11.3 Å². The molecule has 0 aliphatic heterocycles. The number of carbonyl (C=O) groups excluding carboxylic acids is 1. The van der Waals surface area contributed by atoms with Crippen LogP contribution in [0.3, 0.4) is 0 Å². The first kappa shape index (κ1) is 13.4. The molecule has 1 aromatic heterocycles. The number of methoxy groups -OCH3 is 1. The molecule has 3 N–H and O–H groups in total. The molecule has 0 atom stereocenters. The van der Waals surface area contributed by atoms with E-state index < -0.39 is 0 Å². The second kappa shape index (κ2) is 5.32. The predicted molar refractivity (Wildman–Crippen MR) is 79.2 cm³/mol. The third kappa shape index (κ3) is 2.88. The number of aryl methyl sites for hydroxylation is 2. The molecule has 2 aromatic rings. The first-order chi connectivity index (χ1) is 9.01. The summed E-state index contributed by atoms with van der Waals surface area (Å²) in [5.74, 6) is 0.435. The van der Waals surface area contributed by atoms with Crippen molar-refractivity contribution in [1.29, 1.82) is 0 Å². The molecule has 0 unspecified atom stereocenters. The van der Waals surface area contributed by atoms with Gasteiger partial charge in [0.05, 0.1) is 17.7 Å². The number of hydrogen-bond donors (Lipinski definition) is 2. The van der Waals surface area contributed by atoms with Crippen LogP contribution in [0.2, 0.25) is 0 Å². The average molecular weight is 276 g/mol. The van der Waals surface area contributed by atoms with Gasteiger partial charge in [-0.25, -0.2) is 0 Å². The lowest BCUT2D eigenvalue weighted by molar-refractivity contribution is 0.103. The van der Waals surface area contributed by atoms with Crippen molar-refractivity contribution in [2.24, 2.45) is 0 Å². The van der Waals surface area contributed by atoms with E-state index in [1.54, 1.807) is 25.3 Å². The molecule has 2 rings (SSSR count). The summed E-state index contributed by atoms with van der Waals surface area (Å²) in [5.41, 5.74) is 8.07. The summed E-state index contributed by atoms with van der Waals surface area (Å²) < 4.78 is 5.12. The number of thiophene rings is 1. The molecule has 19 heavy (non-hydrogen) atoms.